The summed E-state index contributed by atoms with van der Waals surface area (Å²) in [6.07, 6.45) is 2.01. The highest BCUT2D eigenvalue weighted by molar-refractivity contribution is 8.19. The van der Waals surface area contributed by atoms with Crippen molar-refractivity contribution in [1.82, 2.24) is 4.90 Å². The van der Waals surface area contributed by atoms with Gasteiger partial charge in [0.05, 0.1) is 16.8 Å². The standard InChI is InChI=1S/C23H25N3OS2/c1-4-5-15-26-21(27)20(22-25(3)18-13-9-10-14-19(18)28-22)29-23(26)24-16(2)17-11-7-6-8-12-17/h6-14,16H,4-5,15H2,1-3H3/b22-20-,24-23?. The lowest BCUT2D eigenvalue weighted by Gasteiger charge is -2.17. The zero-order valence-electron chi connectivity index (χ0n) is 17.0. The minimum Gasteiger partial charge on any atom is -0.337 e. The third kappa shape index (κ3) is 3.96. The number of benzene rings is 2. The van der Waals surface area contributed by atoms with Crippen LogP contribution < -0.4 is 4.90 Å². The molecule has 0 spiro atoms. The molecular weight excluding hydrogens is 398 g/mol. The van der Waals surface area contributed by atoms with Crippen LogP contribution in [0.3, 0.4) is 0 Å². The summed E-state index contributed by atoms with van der Waals surface area (Å²) >= 11 is 3.19. The lowest BCUT2D eigenvalue weighted by Crippen LogP contribution is -2.31. The Morgan fingerprint density at radius 1 is 1.03 bits per heavy atom. The molecule has 0 aromatic heterocycles. The molecule has 4 rings (SSSR count). The van der Waals surface area contributed by atoms with Gasteiger partial charge in [-0.25, -0.2) is 0 Å². The third-order valence-corrected chi connectivity index (χ3v) is 7.56. The number of thioether (sulfide) groups is 2. The maximum Gasteiger partial charge on any atom is 0.269 e. The zero-order valence-corrected chi connectivity index (χ0v) is 18.6. The molecule has 1 saturated heterocycles. The summed E-state index contributed by atoms with van der Waals surface area (Å²) in [5.74, 6) is 0.0737. The third-order valence-electron chi connectivity index (χ3n) is 5.12. The van der Waals surface area contributed by atoms with Crippen LogP contribution in [-0.2, 0) is 4.79 Å². The van der Waals surface area contributed by atoms with E-state index in [1.807, 2.05) is 42.3 Å². The highest BCUT2D eigenvalue weighted by Gasteiger charge is 2.38. The van der Waals surface area contributed by atoms with Crippen molar-refractivity contribution in [2.45, 2.75) is 37.6 Å². The molecule has 2 aromatic rings. The molecule has 2 aromatic carbocycles. The van der Waals surface area contributed by atoms with E-state index >= 15 is 0 Å². The van der Waals surface area contributed by atoms with Crippen LogP contribution in [-0.4, -0.2) is 29.6 Å². The van der Waals surface area contributed by atoms with E-state index in [1.165, 1.54) is 16.7 Å². The molecule has 150 valence electrons. The molecule has 0 aliphatic carbocycles. The van der Waals surface area contributed by atoms with Crippen LogP contribution in [0.2, 0.25) is 0 Å². The molecule has 2 aliphatic heterocycles. The molecule has 6 heteroatoms. The van der Waals surface area contributed by atoms with Crippen LogP contribution in [0.1, 0.15) is 38.3 Å². The first-order valence-corrected chi connectivity index (χ1v) is 11.6. The lowest BCUT2D eigenvalue weighted by atomic mass is 10.1. The highest BCUT2D eigenvalue weighted by Crippen LogP contribution is 2.50. The Morgan fingerprint density at radius 3 is 2.48 bits per heavy atom. The van der Waals surface area contributed by atoms with E-state index in [0.717, 1.165) is 39.2 Å². The number of fused-ring (bicyclic) bond motifs is 1. The van der Waals surface area contributed by atoms with Crippen molar-refractivity contribution in [1.29, 1.82) is 0 Å². The van der Waals surface area contributed by atoms with E-state index < -0.39 is 0 Å². The Hall–Kier alpha value is -2.18. The number of amides is 1. The van der Waals surface area contributed by atoms with Crippen LogP contribution >= 0.6 is 23.5 Å². The largest absolute Gasteiger partial charge is 0.337 e. The number of rotatable bonds is 5. The van der Waals surface area contributed by atoms with Gasteiger partial charge in [-0.05, 0) is 42.8 Å². The van der Waals surface area contributed by atoms with Gasteiger partial charge in [-0.2, -0.15) is 0 Å². The number of para-hydroxylation sites is 1. The number of anilines is 1. The molecular formula is C23H25N3OS2. The first kappa shape index (κ1) is 20.1. The van der Waals surface area contributed by atoms with Gasteiger partial charge in [0.1, 0.15) is 4.91 Å². The van der Waals surface area contributed by atoms with E-state index in [9.17, 15) is 4.79 Å². The van der Waals surface area contributed by atoms with Gasteiger partial charge in [-0.15, -0.1) is 0 Å². The Balaban J connectivity index is 1.68. The lowest BCUT2D eigenvalue weighted by molar-refractivity contribution is -0.122. The van der Waals surface area contributed by atoms with Crippen molar-refractivity contribution in [3.8, 4) is 0 Å². The van der Waals surface area contributed by atoms with Crippen molar-refractivity contribution in [2.75, 3.05) is 18.5 Å². The number of nitrogens with zero attached hydrogens (tertiary/aromatic N) is 3. The van der Waals surface area contributed by atoms with Crippen LogP contribution in [0.15, 0.2) is 74.4 Å². The van der Waals surface area contributed by atoms with Gasteiger partial charge in [-0.1, -0.05) is 67.6 Å². The Kier molecular flexibility index (Phi) is 6.01. The van der Waals surface area contributed by atoms with Crippen LogP contribution in [0.25, 0.3) is 0 Å². The van der Waals surface area contributed by atoms with Crippen LogP contribution in [0.5, 0.6) is 0 Å². The number of amidine groups is 1. The smallest absolute Gasteiger partial charge is 0.269 e. The fourth-order valence-corrected chi connectivity index (χ4v) is 5.85. The number of unbranched alkanes of at least 4 members (excludes halogenated alkanes) is 1. The second-order valence-electron chi connectivity index (χ2n) is 7.17. The molecule has 2 heterocycles. The minimum atomic E-state index is 0.00568. The molecule has 1 amide bonds. The second-order valence-corrected chi connectivity index (χ2v) is 9.18. The van der Waals surface area contributed by atoms with Gasteiger partial charge >= 0.3 is 0 Å². The summed E-state index contributed by atoms with van der Waals surface area (Å²) in [4.78, 5) is 24.3. The summed E-state index contributed by atoms with van der Waals surface area (Å²) in [6, 6.07) is 18.5. The normalized spacial score (nSPS) is 21.2. The van der Waals surface area contributed by atoms with Crippen LogP contribution in [0, 0.1) is 0 Å². The van der Waals surface area contributed by atoms with Gasteiger partial charge in [0.2, 0.25) is 0 Å². The summed E-state index contributed by atoms with van der Waals surface area (Å²) in [6.45, 7) is 4.94. The Bertz CT molecular complexity index is 971. The van der Waals surface area contributed by atoms with Gasteiger partial charge in [0, 0.05) is 18.5 Å². The van der Waals surface area contributed by atoms with Gasteiger partial charge in [0.25, 0.3) is 5.91 Å². The van der Waals surface area contributed by atoms with Crippen molar-refractivity contribution < 1.29 is 4.79 Å². The van der Waals surface area contributed by atoms with Crippen molar-refractivity contribution in [3.63, 3.8) is 0 Å². The number of hydrogen-bond acceptors (Lipinski definition) is 5. The molecule has 0 N–H and O–H groups in total. The summed E-state index contributed by atoms with van der Waals surface area (Å²) in [7, 11) is 2.03. The van der Waals surface area contributed by atoms with E-state index in [4.69, 9.17) is 4.99 Å². The second kappa shape index (κ2) is 8.67. The molecule has 1 atom stereocenters. The van der Waals surface area contributed by atoms with E-state index in [0.29, 0.717) is 6.54 Å². The Labute approximate surface area is 181 Å². The van der Waals surface area contributed by atoms with E-state index in [-0.39, 0.29) is 11.9 Å². The van der Waals surface area contributed by atoms with E-state index in [1.54, 1.807) is 11.8 Å². The topological polar surface area (TPSA) is 35.9 Å². The molecule has 1 fully saturated rings. The molecule has 4 nitrogen and oxygen atoms in total. The number of carbonyl (C=O) groups is 1. The minimum absolute atomic E-state index is 0.00568. The molecule has 2 aliphatic rings. The molecule has 0 saturated carbocycles. The van der Waals surface area contributed by atoms with Crippen molar-refractivity contribution >= 4 is 40.3 Å². The summed E-state index contributed by atoms with van der Waals surface area (Å²) in [5, 5.41) is 1.81. The number of aliphatic imine (C=N–C) groups is 1. The fourth-order valence-electron chi connectivity index (χ4n) is 3.42. The predicted molar refractivity (Wildman–Crippen MR) is 124 cm³/mol. The first-order valence-electron chi connectivity index (χ1n) is 9.97. The zero-order chi connectivity index (χ0) is 20.4. The molecule has 0 bridgehead atoms. The average molecular weight is 424 g/mol. The van der Waals surface area contributed by atoms with Gasteiger partial charge < -0.3 is 4.90 Å². The predicted octanol–water partition coefficient (Wildman–Crippen LogP) is 5.89. The van der Waals surface area contributed by atoms with Crippen molar-refractivity contribution in [2.24, 2.45) is 4.99 Å². The van der Waals surface area contributed by atoms with Crippen LogP contribution in [0.4, 0.5) is 5.69 Å². The van der Waals surface area contributed by atoms with Crippen molar-refractivity contribution in [3.05, 3.63) is 70.1 Å². The summed E-state index contributed by atoms with van der Waals surface area (Å²) < 4.78 is 0. The Morgan fingerprint density at radius 2 is 1.76 bits per heavy atom. The first-order chi connectivity index (χ1) is 14.1. The van der Waals surface area contributed by atoms with Gasteiger partial charge in [0.15, 0.2) is 5.17 Å². The fraction of sp³-hybridized carbons (Fsp3) is 0.304. The van der Waals surface area contributed by atoms with E-state index in [2.05, 4.69) is 43.0 Å². The quantitative estimate of drug-likeness (QED) is 0.562. The number of carbonyl (C=O) groups excluding carboxylic acids is 1. The summed E-state index contributed by atoms with van der Waals surface area (Å²) in [5.41, 5.74) is 2.31. The molecule has 1 unspecified atom stereocenters. The monoisotopic (exact) mass is 423 g/mol. The highest BCUT2D eigenvalue weighted by atomic mass is 32.2. The SMILES string of the molecule is CCCCN1C(=O)/C(=C2/Sc3ccccc3N2C)SC1=NC(C)c1ccccc1. The maximum absolute atomic E-state index is 13.3. The number of hydrogen-bond donors (Lipinski definition) is 0. The average Bonchev–Trinajstić information content (AvgIpc) is 3.24. The molecule has 0 radical (unpaired) electrons. The van der Waals surface area contributed by atoms with Gasteiger partial charge in [-0.3, -0.25) is 14.7 Å². The molecule has 29 heavy (non-hydrogen) atoms. The maximum atomic E-state index is 13.3.